The van der Waals surface area contributed by atoms with Gasteiger partial charge in [0.2, 0.25) is 0 Å². The summed E-state index contributed by atoms with van der Waals surface area (Å²) in [6.45, 7) is 5.78. The van der Waals surface area contributed by atoms with Gasteiger partial charge in [0.25, 0.3) is 0 Å². The van der Waals surface area contributed by atoms with E-state index in [4.69, 9.17) is 0 Å². The third kappa shape index (κ3) is 7.03. The van der Waals surface area contributed by atoms with Gasteiger partial charge in [0, 0.05) is 50.0 Å². The van der Waals surface area contributed by atoms with Crippen molar-refractivity contribution in [2.45, 2.75) is 25.9 Å². The maximum absolute atomic E-state index is 3.99. The molecular weight excluding hydrogens is 266 g/mol. The van der Waals surface area contributed by atoms with Crippen molar-refractivity contribution < 1.29 is 0 Å². The summed E-state index contributed by atoms with van der Waals surface area (Å²) in [6, 6.07) is 0. The fourth-order valence-electron chi connectivity index (χ4n) is 2.01. The standard InChI is InChI=1S/C14H25N7/c1(2-4-16-7-13-9-18-11-20-13)3-15-5-6-17-8-14-10-19-12-21-14/h9-12,15-17H,1-8H2,(H,18,20)(H,19,21). The van der Waals surface area contributed by atoms with Gasteiger partial charge in [0.05, 0.1) is 12.7 Å². The minimum atomic E-state index is 0.846. The van der Waals surface area contributed by atoms with E-state index in [0.717, 1.165) is 50.7 Å². The molecule has 0 unspecified atom stereocenters. The van der Waals surface area contributed by atoms with Crippen molar-refractivity contribution in [3.63, 3.8) is 0 Å². The summed E-state index contributed by atoms with van der Waals surface area (Å²) >= 11 is 0. The average molecular weight is 291 g/mol. The fraction of sp³-hybridized carbons (Fsp3) is 0.571. The molecule has 0 spiro atoms. The molecule has 0 amide bonds. The summed E-state index contributed by atoms with van der Waals surface area (Å²) in [7, 11) is 0. The van der Waals surface area contributed by atoms with Crippen LogP contribution in [0.3, 0.4) is 0 Å². The third-order valence-corrected chi connectivity index (χ3v) is 3.18. The molecule has 2 aromatic rings. The van der Waals surface area contributed by atoms with E-state index in [1.807, 2.05) is 12.4 Å². The van der Waals surface area contributed by atoms with Crippen molar-refractivity contribution in [3.8, 4) is 0 Å². The summed E-state index contributed by atoms with van der Waals surface area (Å²) in [5.74, 6) is 0. The summed E-state index contributed by atoms with van der Waals surface area (Å²) < 4.78 is 0. The smallest absolute Gasteiger partial charge is 0.0922 e. The number of H-pyrrole nitrogens is 2. The van der Waals surface area contributed by atoms with E-state index in [1.165, 1.54) is 12.8 Å². The Labute approximate surface area is 125 Å². The first-order valence-electron chi connectivity index (χ1n) is 7.52. The van der Waals surface area contributed by atoms with E-state index in [1.54, 1.807) is 12.7 Å². The number of aromatic amines is 2. The molecule has 0 radical (unpaired) electrons. The average Bonchev–Trinajstić information content (AvgIpc) is 3.18. The van der Waals surface area contributed by atoms with Crippen molar-refractivity contribution in [2.24, 2.45) is 0 Å². The molecule has 7 heteroatoms. The molecule has 0 aromatic carbocycles. The van der Waals surface area contributed by atoms with Gasteiger partial charge in [0.1, 0.15) is 0 Å². The van der Waals surface area contributed by atoms with Gasteiger partial charge in [-0.2, -0.15) is 0 Å². The lowest BCUT2D eigenvalue weighted by molar-refractivity contribution is 0.562. The van der Waals surface area contributed by atoms with E-state index in [2.05, 4.69) is 35.9 Å². The van der Waals surface area contributed by atoms with Gasteiger partial charge < -0.3 is 25.9 Å². The van der Waals surface area contributed by atoms with Crippen LogP contribution in [0.4, 0.5) is 0 Å². The molecule has 0 atom stereocenters. The van der Waals surface area contributed by atoms with E-state index in [9.17, 15) is 0 Å². The zero-order valence-corrected chi connectivity index (χ0v) is 12.4. The topological polar surface area (TPSA) is 93.4 Å². The van der Waals surface area contributed by atoms with E-state index in [-0.39, 0.29) is 0 Å². The first kappa shape index (κ1) is 15.7. The monoisotopic (exact) mass is 291 g/mol. The van der Waals surface area contributed by atoms with Crippen LogP contribution in [0.5, 0.6) is 0 Å². The first-order chi connectivity index (χ1) is 10.4. The minimum Gasteiger partial charge on any atom is -0.347 e. The number of aromatic nitrogens is 4. The molecule has 0 aliphatic heterocycles. The van der Waals surface area contributed by atoms with Gasteiger partial charge in [-0.05, 0) is 25.9 Å². The highest BCUT2D eigenvalue weighted by atomic mass is 15.0. The number of nitrogens with zero attached hydrogens (tertiary/aromatic N) is 2. The largest absolute Gasteiger partial charge is 0.347 e. The van der Waals surface area contributed by atoms with Crippen molar-refractivity contribution in [2.75, 3.05) is 26.2 Å². The van der Waals surface area contributed by atoms with Crippen LogP contribution in [-0.2, 0) is 13.1 Å². The number of unbranched alkanes of at least 4 members (excludes halogenated alkanes) is 1. The van der Waals surface area contributed by atoms with Crippen LogP contribution in [0, 0.1) is 0 Å². The van der Waals surface area contributed by atoms with E-state index < -0.39 is 0 Å². The second kappa shape index (κ2) is 10.1. The van der Waals surface area contributed by atoms with Crippen LogP contribution in [-0.4, -0.2) is 46.1 Å². The van der Waals surface area contributed by atoms with Gasteiger partial charge in [-0.3, -0.25) is 0 Å². The molecule has 0 aliphatic carbocycles. The molecule has 2 heterocycles. The van der Waals surface area contributed by atoms with E-state index >= 15 is 0 Å². The second-order valence-corrected chi connectivity index (χ2v) is 4.96. The predicted octanol–water partition coefficient (Wildman–Crippen LogP) is 0.382. The molecule has 0 saturated heterocycles. The Bertz CT molecular complexity index is 396. The molecule has 0 aliphatic rings. The van der Waals surface area contributed by atoms with Gasteiger partial charge >= 0.3 is 0 Å². The molecule has 0 bridgehead atoms. The van der Waals surface area contributed by atoms with Gasteiger partial charge in [-0.25, -0.2) is 9.97 Å². The lowest BCUT2D eigenvalue weighted by Gasteiger charge is -2.06. The van der Waals surface area contributed by atoms with Gasteiger partial charge in [0.15, 0.2) is 0 Å². The third-order valence-electron chi connectivity index (χ3n) is 3.18. The van der Waals surface area contributed by atoms with Gasteiger partial charge in [-0.1, -0.05) is 0 Å². The number of hydrogen-bond acceptors (Lipinski definition) is 5. The Morgan fingerprint density at radius 2 is 1.24 bits per heavy atom. The molecule has 2 rings (SSSR count). The van der Waals surface area contributed by atoms with Crippen LogP contribution >= 0.6 is 0 Å². The number of nitrogens with one attached hydrogen (secondary N) is 5. The van der Waals surface area contributed by atoms with Crippen molar-refractivity contribution in [3.05, 3.63) is 36.4 Å². The fourth-order valence-corrected chi connectivity index (χ4v) is 2.01. The zero-order valence-electron chi connectivity index (χ0n) is 12.4. The number of rotatable bonds is 12. The van der Waals surface area contributed by atoms with Crippen LogP contribution in [0.15, 0.2) is 25.0 Å². The van der Waals surface area contributed by atoms with E-state index in [0.29, 0.717) is 0 Å². The van der Waals surface area contributed by atoms with Crippen LogP contribution in [0.1, 0.15) is 24.2 Å². The molecule has 0 saturated carbocycles. The minimum absolute atomic E-state index is 0.846. The Hall–Kier alpha value is -1.70. The summed E-state index contributed by atoms with van der Waals surface area (Å²) in [5.41, 5.74) is 2.26. The second-order valence-electron chi connectivity index (χ2n) is 4.96. The van der Waals surface area contributed by atoms with Gasteiger partial charge in [-0.15, -0.1) is 0 Å². The highest BCUT2D eigenvalue weighted by Crippen LogP contribution is 1.91. The highest BCUT2D eigenvalue weighted by Gasteiger charge is 1.94. The Morgan fingerprint density at radius 1 is 0.714 bits per heavy atom. The summed E-state index contributed by atoms with van der Waals surface area (Å²) in [4.78, 5) is 14.1. The molecule has 0 fully saturated rings. The molecule has 21 heavy (non-hydrogen) atoms. The molecule has 2 aromatic heterocycles. The molecular formula is C14H25N7. The van der Waals surface area contributed by atoms with Crippen LogP contribution < -0.4 is 16.0 Å². The number of hydrogen-bond donors (Lipinski definition) is 5. The quantitative estimate of drug-likeness (QED) is 0.365. The van der Waals surface area contributed by atoms with Crippen molar-refractivity contribution >= 4 is 0 Å². The predicted molar refractivity (Wildman–Crippen MR) is 82.7 cm³/mol. The normalized spacial score (nSPS) is 11.0. The summed E-state index contributed by atoms with van der Waals surface area (Å²) in [6.07, 6.45) is 9.48. The highest BCUT2D eigenvalue weighted by molar-refractivity contribution is 4.93. The lowest BCUT2D eigenvalue weighted by atomic mass is 10.3. The van der Waals surface area contributed by atoms with Crippen molar-refractivity contribution in [1.82, 2.24) is 35.9 Å². The maximum Gasteiger partial charge on any atom is 0.0922 e. The molecule has 116 valence electrons. The maximum atomic E-state index is 3.99. The Morgan fingerprint density at radius 3 is 1.81 bits per heavy atom. The molecule has 5 N–H and O–H groups in total. The van der Waals surface area contributed by atoms with Crippen LogP contribution in [0.2, 0.25) is 0 Å². The van der Waals surface area contributed by atoms with Crippen LogP contribution in [0.25, 0.3) is 0 Å². The van der Waals surface area contributed by atoms with Crippen molar-refractivity contribution in [1.29, 1.82) is 0 Å². The lowest BCUT2D eigenvalue weighted by Crippen LogP contribution is -2.28. The summed E-state index contributed by atoms with van der Waals surface area (Å²) in [5, 5.41) is 10.2. The Kier molecular flexibility index (Phi) is 7.53. The SMILES string of the molecule is c1ncc(CNCCCCNCCNCc2cnc[nH]2)[nH]1. The molecule has 7 nitrogen and oxygen atoms in total. The zero-order chi connectivity index (χ0) is 14.6. The Balaban J connectivity index is 1.31. The number of imidazole rings is 2. The first-order valence-corrected chi connectivity index (χ1v) is 7.52.